The minimum atomic E-state index is 0.221. The van der Waals surface area contributed by atoms with E-state index in [-0.39, 0.29) is 12.6 Å². The summed E-state index contributed by atoms with van der Waals surface area (Å²) < 4.78 is 5.10. The van der Waals surface area contributed by atoms with Crippen LogP contribution < -0.4 is 10.6 Å². The summed E-state index contributed by atoms with van der Waals surface area (Å²) in [5.41, 5.74) is 2.90. The molecule has 1 fully saturated rings. The maximum atomic E-state index is 9.49. The quantitative estimate of drug-likeness (QED) is 0.414. The lowest BCUT2D eigenvalue weighted by Crippen LogP contribution is -2.21. The molecular formula is C21H26ClN5O2S. The summed E-state index contributed by atoms with van der Waals surface area (Å²) in [7, 11) is 1.65. The van der Waals surface area contributed by atoms with E-state index in [1.165, 1.54) is 5.56 Å². The summed E-state index contributed by atoms with van der Waals surface area (Å²) >= 11 is 8.30. The van der Waals surface area contributed by atoms with Crippen LogP contribution in [0.25, 0.3) is 0 Å². The highest BCUT2D eigenvalue weighted by Crippen LogP contribution is 2.38. The Kier molecular flexibility index (Phi) is 7.09. The molecule has 1 aliphatic carbocycles. The van der Waals surface area contributed by atoms with Gasteiger partial charge in [0.1, 0.15) is 16.0 Å². The molecule has 3 N–H and O–H groups in total. The van der Waals surface area contributed by atoms with Gasteiger partial charge in [-0.3, -0.25) is 0 Å². The van der Waals surface area contributed by atoms with Gasteiger partial charge in [0, 0.05) is 32.1 Å². The monoisotopic (exact) mass is 447 g/mol. The summed E-state index contributed by atoms with van der Waals surface area (Å²) in [6.07, 6.45) is 2.90. The van der Waals surface area contributed by atoms with E-state index in [2.05, 4.69) is 21.7 Å². The van der Waals surface area contributed by atoms with E-state index in [0.29, 0.717) is 36.0 Å². The SMILES string of the molecule is COCCNc1nc(Cl)c(C2=Nc3ccccc3CS2)c(N[C@H]2CCC(CO)C2)n1. The predicted molar refractivity (Wildman–Crippen MR) is 123 cm³/mol. The number of hydrogen-bond acceptors (Lipinski definition) is 8. The van der Waals surface area contributed by atoms with Gasteiger partial charge in [0.2, 0.25) is 5.95 Å². The summed E-state index contributed by atoms with van der Waals surface area (Å²) in [6.45, 7) is 1.36. The molecule has 0 bridgehead atoms. The van der Waals surface area contributed by atoms with Gasteiger partial charge in [0.05, 0.1) is 17.9 Å². The Morgan fingerprint density at radius 1 is 1.27 bits per heavy atom. The third kappa shape index (κ3) is 4.88. The van der Waals surface area contributed by atoms with Crippen LogP contribution in [0.2, 0.25) is 5.15 Å². The molecule has 2 heterocycles. The van der Waals surface area contributed by atoms with Crippen molar-refractivity contribution >= 4 is 45.9 Å². The molecular weight excluding hydrogens is 422 g/mol. The number of ether oxygens (including phenoxy) is 1. The van der Waals surface area contributed by atoms with E-state index >= 15 is 0 Å². The molecule has 4 rings (SSSR count). The number of aliphatic hydroxyl groups is 1. The van der Waals surface area contributed by atoms with Gasteiger partial charge in [-0.15, -0.1) is 11.8 Å². The number of nitrogens with zero attached hydrogens (tertiary/aromatic N) is 3. The molecule has 2 aliphatic rings. The van der Waals surface area contributed by atoms with Gasteiger partial charge < -0.3 is 20.5 Å². The molecule has 0 spiro atoms. The van der Waals surface area contributed by atoms with Crippen LogP contribution in [0, 0.1) is 5.92 Å². The molecule has 1 saturated carbocycles. The Morgan fingerprint density at radius 3 is 2.93 bits per heavy atom. The first-order chi connectivity index (χ1) is 14.7. The van der Waals surface area contributed by atoms with Gasteiger partial charge in [0.25, 0.3) is 0 Å². The van der Waals surface area contributed by atoms with E-state index in [1.807, 2.05) is 18.2 Å². The van der Waals surface area contributed by atoms with E-state index in [0.717, 1.165) is 41.3 Å². The van der Waals surface area contributed by atoms with E-state index in [1.54, 1.807) is 18.9 Å². The molecule has 2 aromatic rings. The highest BCUT2D eigenvalue weighted by atomic mass is 35.5. The molecule has 9 heteroatoms. The first-order valence-corrected chi connectivity index (χ1v) is 11.5. The molecule has 1 aromatic heterocycles. The van der Waals surface area contributed by atoms with Crippen LogP contribution in [-0.2, 0) is 10.5 Å². The number of aromatic nitrogens is 2. The smallest absolute Gasteiger partial charge is 0.226 e. The molecule has 7 nitrogen and oxygen atoms in total. The highest BCUT2D eigenvalue weighted by Gasteiger charge is 2.28. The van der Waals surface area contributed by atoms with Crippen molar-refractivity contribution in [3.63, 3.8) is 0 Å². The molecule has 0 radical (unpaired) electrons. The zero-order chi connectivity index (χ0) is 20.9. The number of methoxy groups -OCH3 is 1. The zero-order valence-electron chi connectivity index (χ0n) is 16.9. The zero-order valence-corrected chi connectivity index (χ0v) is 18.5. The number of halogens is 1. The second kappa shape index (κ2) is 9.96. The standard InChI is InChI=1S/C21H26ClN5O2S/c1-29-9-8-23-21-26-18(22)17(19(27-21)24-15-7-6-13(10-15)11-28)20-25-16-5-3-2-4-14(16)12-30-20/h2-5,13,15,28H,6-12H2,1H3,(H2,23,24,26,27)/t13?,15-/m0/s1. The molecule has 30 heavy (non-hydrogen) atoms. The van der Waals surface area contributed by atoms with Crippen LogP contribution in [0.1, 0.15) is 30.4 Å². The number of anilines is 2. The predicted octanol–water partition coefficient (Wildman–Crippen LogP) is 4.09. The van der Waals surface area contributed by atoms with Gasteiger partial charge in [-0.2, -0.15) is 4.98 Å². The van der Waals surface area contributed by atoms with Gasteiger partial charge in [0.15, 0.2) is 0 Å². The van der Waals surface area contributed by atoms with Crippen molar-refractivity contribution in [2.75, 3.05) is 37.5 Å². The fourth-order valence-corrected chi connectivity index (χ4v) is 5.15. The number of hydrogen-bond donors (Lipinski definition) is 3. The van der Waals surface area contributed by atoms with Gasteiger partial charge in [-0.1, -0.05) is 29.8 Å². The second-order valence-electron chi connectivity index (χ2n) is 7.52. The number of nitrogens with one attached hydrogen (secondary N) is 2. The Morgan fingerprint density at radius 2 is 2.13 bits per heavy atom. The number of fused-ring (bicyclic) bond motifs is 1. The summed E-state index contributed by atoms with van der Waals surface area (Å²) in [5, 5.41) is 17.4. The first-order valence-electron chi connectivity index (χ1n) is 10.2. The largest absolute Gasteiger partial charge is 0.396 e. The lowest BCUT2D eigenvalue weighted by molar-refractivity contribution is 0.210. The maximum absolute atomic E-state index is 9.49. The maximum Gasteiger partial charge on any atom is 0.226 e. The van der Waals surface area contributed by atoms with Crippen molar-refractivity contribution in [3.8, 4) is 0 Å². The lowest BCUT2D eigenvalue weighted by Gasteiger charge is -2.21. The Balaban J connectivity index is 1.67. The van der Waals surface area contributed by atoms with Crippen LogP contribution in [0.15, 0.2) is 29.3 Å². The normalized spacial score (nSPS) is 20.6. The van der Waals surface area contributed by atoms with Crippen molar-refractivity contribution in [3.05, 3.63) is 40.5 Å². The number of rotatable bonds is 8. The van der Waals surface area contributed by atoms with Crippen LogP contribution in [-0.4, -0.2) is 53.0 Å². The lowest BCUT2D eigenvalue weighted by atomic mass is 10.1. The average Bonchev–Trinajstić information content (AvgIpc) is 3.21. The molecule has 1 aromatic carbocycles. The third-order valence-electron chi connectivity index (χ3n) is 5.39. The van der Waals surface area contributed by atoms with Crippen LogP contribution >= 0.6 is 23.4 Å². The summed E-state index contributed by atoms with van der Waals surface area (Å²) in [5.74, 6) is 2.30. The van der Waals surface area contributed by atoms with Crippen molar-refractivity contribution < 1.29 is 9.84 Å². The molecule has 1 unspecified atom stereocenters. The van der Waals surface area contributed by atoms with Gasteiger partial charge in [-0.05, 0) is 36.8 Å². The minimum absolute atomic E-state index is 0.221. The molecule has 2 atom stereocenters. The number of para-hydroxylation sites is 1. The van der Waals surface area contributed by atoms with Crippen LogP contribution in [0.3, 0.4) is 0 Å². The summed E-state index contributed by atoms with van der Waals surface area (Å²) in [4.78, 5) is 14.0. The topological polar surface area (TPSA) is 91.7 Å². The van der Waals surface area contributed by atoms with Crippen molar-refractivity contribution in [1.82, 2.24) is 9.97 Å². The van der Waals surface area contributed by atoms with Crippen molar-refractivity contribution in [1.29, 1.82) is 0 Å². The first kappa shape index (κ1) is 21.4. The molecule has 0 saturated heterocycles. The molecule has 0 amide bonds. The third-order valence-corrected chi connectivity index (χ3v) is 6.68. The summed E-state index contributed by atoms with van der Waals surface area (Å²) in [6, 6.07) is 8.36. The highest BCUT2D eigenvalue weighted by molar-refractivity contribution is 8.13. The van der Waals surface area contributed by atoms with Gasteiger partial charge in [-0.25, -0.2) is 9.98 Å². The Labute approximate surface area is 185 Å². The number of benzene rings is 1. The van der Waals surface area contributed by atoms with Gasteiger partial charge >= 0.3 is 0 Å². The average molecular weight is 448 g/mol. The number of aliphatic hydroxyl groups excluding tert-OH is 1. The van der Waals surface area contributed by atoms with E-state index in [4.69, 9.17) is 26.3 Å². The van der Waals surface area contributed by atoms with E-state index < -0.39 is 0 Å². The Hall–Kier alpha value is -1.87. The molecule has 160 valence electrons. The number of thioether (sulfide) groups is 1. The van der Waals surface area contributed by atoms with Crippen LogP contribution in [0.5, 0.6) is 0 Å². The number of aliphatic imine (C=N–C) groups is 1. The second-order valence-corrected chi connectivity index (χ2v) is 8.84. The fraction of sp³-hybridized carbons (Fsp3) is 0.476. The molecule has 1 aliphatic heterocycles. The minimum Gasteiger partial charge on any atom is -0.396 e. The van der Waals surface area contributed by atoms with E-state index in [9.17, 15) is 5.11 Å². The van der Waals surface area contributed by atoms with Crippen LogP contribution in [0.4, 0.5) is 17.5 Å². The fourth-order valence-electron chi connectivity index (χ4n) is 3.79. The van der Waals surface area contributed by atoms with Crippen molar-refractivity contribution in [2.45, 2.75) is 31.1 Å². The van der Waals surface area contributed by atoms with Crippen molar-refractivity contribution in [2.24, 2.45) is 10.9 Å². The Bertz CT molecular complexity index is 926.